The SMILES string of the molecule is CC(C)n1ccc(CC(CC2CCCCC2)NN)n1. The van der Waals surface area contributed by atoms with E-state index in [4.69, 9.17) is 5.84 Å². The lowest BCUT2D eigenvalue weighted by atomic mass is 9.84. The maximum Gasteiger partial charge on any atom is 0.0640 e. The van der Waals surface area contributed by atoms with E-state index < -0.39 is 0 Å². The summed E-state index contributed by atoms with van der Waals surface area (Å²) in [6.45, 7) is 4.30. The van der Waals surface area contributed by atoms with Crippen molar-refractivity contribution in [1.82, 2.24) is 15.2 Å². The van der Waals surface area contributed by atoms with E-state index in [-0.39, 0.29) is 0 Å². The van der Waals surface area contributed by atoms with Gasteiger partial charge in [0.2, 0.25) is 0 Å². The monoisotopic (exact) mass is 264 g/mol. The molecular formula is C15H28N4. The Morgan fingerprint density at radius 3 is 2.68 bits per heavy atom. The molecule has 1 aliphatic rings. The Kier molecular flexibility index (Phi) is 5.40. The van der Waals surface area contributed by atoms with Gasteiger partial charge >= 0.3 is 0 Å². The zero-order valence-electron chi connectivity index (χ0n) is 12.3. The molecule has 0 bridgehead atoms. The highest BCUT2D eigenvalue weighted by molar-refractivity contribution is 5.02. The van der Waals surface area contributed by atoms with Crippen molar-refractivity contribution in [3.63, 3.8) is 0 Å². The summed E-state index contributed by atoms with van der Waals surface area (Å²) in [4.78, 5) is 0. The fourth-order valence-corrected chi connectivity index (χ4v) is 3.06. The van der Waals surface area contributed by atoms with Gasteiger partial charge in [-0.05, 0) is 32.3 Å². The van der Waals surface area contributed by atoms with Gasteiger partial charge in [-0.3, -0.25) is 16.0 Å². The van der Waals surface area contributed by atoms with Crippen LogP contribution >= 0.6 is 0 Å². The quantitative estimate of drug-likeness (QED) is 0.613. The first kappa shape index (κ1) is 14.5. The summed E-state index contributed by atoms with van der Waals surface area (Å²) < 4.78 is 2.02. The van der Waals surface area contributed by atoms with Crippen LogP contribution in [0.15, 0.2) is 12.3 Å². The standard InChI is InChI=1S/C15H28N4/c1-12(2)19-9-8-14(18-19)11-15(17-16)10-13-6-4-3-5-7-13/h8-9,12-13,15,17H,3-7,10-11,16H2,1-2H3. The molecule has 0 saturated heterocycles. The predicted molar refractivity (Wildman–Crippen MR) is 78.6 cm³/mol. The van der Waals surface area contributed by atoms with Gasteiger partial charge in [0.05, 0.1) is 5.69 Å². The van der Waals surface area contributed by atoms with Crippen molar-refractivity contribution in [2.75, 3.05) is 0 Å². The van der Waals surface area contributed by atoms with Crippen molar-refractivity contribution in [2.45, 2.75) is 70.9 Å². The Morgan fingerprint density at radius 1 is 1.37 bits per heavy atom. The van der Waals surface area contributed by atoms with E-state index in [1.165, 1.54) is 38.5 Å². The van der Waals surface area contributed by atoms with Crippen LogP contribution in [0.5, 0.6) is 0 Å². The van der Waals surface area contributed by atoms with Gasteiger partial charge in [-0.15, -0.1) is 0 Å². The molecule has 2 rings (SSSR count). The second-order valence-corrected chi connectivity index (χ2v) is 6.19. The Hall–Kier alpha value is -0.870. The van der Waals surface area contributed by atoms with E-state index >= 15 is 0 Å². The van der Waals surface area contributed by atoms with Crippen molar-refractivity contribution in [2.24, 2.45) is 11.8 Å². The van der Waals surface area contributed by atoms with Crippen LogP contribution in [-0.4, -0.2) is 15.8 Å². The molecule has 1 fully saturated rings. The number of rotatable bonds is 6. The van der Waals surface area contributed by atoms with Crippen molar-refractivity contribution in [3.8, 4) is 0 Å². The molecule has 1 aromatic rings. The number of hydrazine groups is 1. The van der Waals surface area contributed by atoms with E-state index in [0.29, 0.717) is 12.1 Å². The smallest absolute Gasteiger partial charge is 0.0640 e. The van der Waals surface area contributed by atoms with Crippen LogP contribution in [0.3, 0.4) is 0 Å². The molecule has 1 aromatic heterocycles. The highest BCUT2D eigenvalue weighted by Crippen LogP contribution is 2.27. The minimum atomic E-state index is 0.360. The molecular weight excluding hydrogens is 236 g/mol. The minimum Gasteiger partial charge on any atom is -0.271 e. The van der Waals surface area contributed by atoms with Gasteiger partial charge < -0.3 is 0 Å². The fourth-order valence-electron chi connectivity index (χ4n) is 3.06. The molecule has 0 radical (unpaired) electrons. The molecule has 0 aliphatic heterocycles. The average molecular weight is 264 g/mol. The van der Waals surface area contributed by atoms with E-state index in [2.05, 4.69) is 36.6 Å². The molecule has 4 nitrogen and oxygen atoms in total. The first-order valence-electron chi connectivity index (χ1n) is 7.69. The Morgan fingerprint density at radius 2 is 2.11 bits per heavy atom. The Bertz CT molecular complexity index is 366. The average Bonchev–Trinajstić information content (AvgIpc) is 2.88. The van der Waals surface area contributed by atoms with Crippen molar-refractivity contribution in [1.29, 1.82) is 0 Å². The van der Waals surface area contributed by atoms with Gasteiger partial charge in [-0.25, -0.2) is 0 Å². The predicted octanol–water partition coefficient (Wildman–Crippen LogP) is 2.81. The number of nitrogens with zero attached hydrogens (tertiary/aromatic N) is 2. The third-order valence-electron chi connectivity index (χ3n) is 4.23. The van der Waals surface area contributed by atoms with Gasteiger partial charge in [0, 0.05) is 24.7 Å². The van der Waals surface area contributed by atoms with Gasteiger partial charge in [0.15, 0.2) is 0 Å². The Labute approximate surface area is 116 Å². The van der Waals surface area contributed by atoms with Crippen LogP contribution in [0.4, 0.5) is 0 Å². The van der Waals surface area contributed by atoms with Gasteiger partial charge in [-0.1, -0.05) is 32.1 Å². The van der Waals surface area contributed by atoms with E-state index in [9.17, 15) is 0 Å². The molecule has 1 aliphatic carbocycles. The maximum atomic E-state index is 5.72. The number of hydrogen-bond acceptors (Lipinski definition) is 3. The zero-order valence-corrected chi connectivity index (χ0v) is 12.3. The lowest BCUT2D eigenvalue weighted by Crippen LogP contribution is -2.38. The van der Waals surface area contributed by atoms with Crippen molar-refractivity contribution in [3.05, 3.63) is 18.0 Å². The Balaban J connectivity index is 1.86. The van der Waals surface area contributed by atoms with E-state index in [1.807, 2.05) is 4.68 Å². The van der Waals surface area contributed by atoms with Gasteiger partial charge in [0.25, 0.3) is 0 Å². The minimum absolute atomic E-state index is 0.360. The summed E-state index contributed by atoms with van der Waals surface area (Å²) in [6, 6.07) is 2.90. The molecule has 19 heavy (non-hydrogen) atoms. The molecule has 1 heterocycles. The molecule has 1 unspecified atom stereocenters. The molecule has 0 amide bonds. The lowest BCUT2D eigenvalue weighted by molar-refractivity contribution is 0.296. The second-order valence-electron chi connectivity index (χ2n) is 6.19. The number of aromatic nitrogens is 2. The summed E-state index contributed by atoms with van der Waals surface area (Å²) in [5.41, 5.74) is 4.13. The van der Waals surface area contributed by atoms with Crippen LogP contribution in [0.25, 0.3) is 0 Å². The van der Waals surface area contributed by atoms with E-state index in [0.717, 1.165) is 18.0 Å². The highest BCUT2D eigenvalue weighted by Gasteiger charge is 2.19. The summed E-state index contributed by atoms with van der Waals surface area (Å²) >= 11 is 0. The normalized spacial score (nSPS) is 18.9. The summed E-state index contributed by atoms with van der Waals surface area (Å²) in [6.07, 6.45) is 11.1. The lowest BCUT2D eigenvalue weighted by Gasteiger charge is -2.25. The summed E-state index contributed by atoms with van der Waals surface area (Å²) in [7, 11) is 0. The van der Waals surface area contributed by atoms with Crippen LogP contribution in [-0.2, 0) is 6.42 Å². The summed E-state index contributed by atoms with van der Waals surface area (Å²) in [5.74, 6) is 6.57. The number of nitrogens with one attached hydrogen (secondary N) is 1. The number of nitrogens with two attached hydrogens (primary N) is 1. The fraction of sp³-hybridized carbons (Fsp3) is 0.800. The first-order valence-corrected chi connectivity index (χ1v) is 7.69. The second kappa shape index (κ2) is 7.06. The molecule has 108 valence electrons. The van der Waals surface area contributed by atoms with Crippen molar-refractivity contribution >= 4 is 0 Å². The summed E-state index contributed by atoms with van der Waals surface area (Å²) in [5, 5.41) is 4.61. The third-order valence-corrected chi connectivity index (χ3v) is 4.23. The zero-order chi connectivity index (χ0) is 13.7. The molecule has 0 spiro atoms. The molecule has 4 heteroatoms. The van der Waals surface area contributed by atoms with Crippen LogP contribution in [0.2, 0.25) is 0 Å². The van der Waals surface area contributed by atoms with Crippen molar-refractivity contribution < 1.29 is 0 Å². The van der Waals surface area contributed by atoms with Gasteiger partial charge in [0.1, 0.15) is 0 Å². The van der Waals surface area contributed by atoms with Crippen LogP contribution < -0.4 is 11.3 Å². The van der Waals surface area contributed by atoms with Crippen LogP contribution in [0.1, 0.15) is 64.1 Å². The maximum absolute atomic E-state index is 5.72. The molecule has 3 N–H and O–H groups in total. The first-order chi connectivity index (χ1) is 9.19. The number of hydrogen-bond donors (Lipinski definition) is 2. The molecule has 0 aromatic carbocycles. The largest absolute Gasteiger partial charge is 0.271 e. The molecule has 1 saturated carbocycles. The topological polar surface area (TPSA) is 55.9 Å². The highest BCUT2D eigenvalue weighted by atomic mass is 15.3. The third kappa shape index (κ3) is 4.32. The van der Waals surface area contributed by atoms with Gasteiger partial charge in [-0.2, -0.15) is 5.10 Å². The van der Waals surface area contributed by atoms with Crippen LogP contribution in [0, 0.1) is 5.92 Å². The molecule has 1 atom stereocenters. The van der Waals surface area contributed by atoms with E-state index in [1.54, 1.807) is 0 Å².